The summed E-state index contributed by atoms with van der Waals surface area (Å²) in [4.78, 5) is 13.5. The maximum Gasteiger partial charge on any atom is 0.220 e. The van der Waals surface area contributed by atoms with Crippen molar-refractivity contribution in [2.75, 3.05) is 19.3 Å². The summed E-state index contributed by atoms with van der Waals surface area (Å²) in [7, 11) is 2.13. The monoisotopic (exact) mass is 216 g/mol. The Morgan fingerprint density at radius 3 is 2.79 bits per heavy atom. The Balaban J connectivity index is 2.13. The van der Waals surface area contributed by atoms with Gasteiger partial charge in [-0.25, -0.2) is 0 Å². The molecule has 3 nitrogen and oxygen atoms in total. The second-order valence-electron chi connectivity index (χ2n) is 4.02. The van der Waals surface area contributed by atoms with E-state index in [1.807, 2.05) is 0 Å². The SMILES string of the molecule is CC(CNC(=O)CCS)N(C)C1CC1. The molecule has 1 aliphatic rings. The molecular weight excluding hydrogens is 196 g/mol. The topological polar surface area (TPSA) is 32.3 Å². The van der Waals surface area contributed by atoms with E-state index in [0.717, 1.165) is 12.6 Å². The molecule has 0 saturated heterocycles. The molecule has 1 atom stereocenters. The zero-order valence-corrected chi connectivity index (χ0v) is 9.89. The van der Waals surface area contributed by atoms with Gasteiger partial charge in [0.25, 0.3) is 0 Å². The Bertz CT molecular complexity index is 195. The molecule has 82 valence electrons. The first-order chi connectivity index (χ1) is 6.65. The first-order valence-electron chi connectivity index (χ1n) is 5.24. The maximum absolute atomic E-state index is 11.2. The number of rotatable bonds is 6. The first-order valence-corrected chi connectivity index (χ1v) is 5.88. The Morgan fingerprint density at radius 2 is 2.29 bits per heavy atom. The quantitative estimate of drug-likeness (QED) is 0.647. The number of carbonyl (C=O) groups excluding carboxylic acids is 1. The van der Waals surface area contributed by atoms with E-state index in [1.165, 1.54) is 12.8 Å². The van der Waals surface area contributed by atoms with Gasteiger partial charge in [-0.2, -0.15) is 12.6 Å². The molecule has 1 rings (SSSR count). The predicted molar refractivity (Wildman–Crippen MR) is 61.7 cm³/mol. The van der Waals surface area contributed by atoms with Crippen molar-refractivity contribution in [3.8, 4) is 0 Å². The molecular formula is C10H20N2OS. The minimum atomic E-state index is 0.107. The highest BCUT2D eigenvalue weighted by Crippen LogP contribution is 2.26. The van der Waals surface area contributed by atoms with Gasteiger partial charge in [0.2, 0.25) is 5.91 Å². The number of nitrogens with zero attached hydrogens (tertiary/aromatic N) is 1. The van der Waals surface area contributed by atoms with Gasteiger partial charge in [0.05, 0.1) is 0 Å². The summed E-state index contributed by atoms with van der Waals surface area (Å²) >= 11 is 4.02. The van der Waals surface area contributed by atoms with E-state index in [-0.39, 0.29) is 5.91 Å². The van der Waals surface area contributed by atoms with Gasteiger partial charge in [0.15, 0.2) is 0 Å². The van der Waals surface area contributed by atoms with Gasteiger partial charge in [-0.3, -0.25) is 9.69 Å². The van der Waals surface area contributed by atoms with Crippen molar-refractivity contribution in [2.45, 2.75) is 38.3 Å². The van der Waals surface area contributed by atoms with Crippen LogP contribution in [-0.2, 0) is 4.79 Å². The molecule has 1 aliphatic carbocycles. The van der Waals surface area contributed by atoms with Crippen LogP contribution in [0.25, 0.3) is 0 Å². The third-order valence-electron chi connectivity index (χ3n) is 2.75. The van der Waals surface area contributed by atoms with Crippen molar-refractivity contribution in [3.05, 3.63) is 0 Å². The third-order valence-corrected chi connectivity index (χ3v) is 2.98. The minimum absolute atomic E-state index is 0.107. The van der Waals surface area contributed by atoms with Gasteiger partial charge < -0.3 is 5.32 Å². The van der Waals surface area contributed by atoms with Crippen LogP contribution in [0.5, 0.6) is 0 Å². The van der Waals surface area contributed by atoms with E-state index in [9.17, 15) is 4.79 Å². The van der Waals surface area contributed by atoms with Crippen LogP contribution >= 0.6 is 12.6 Å². The molecule has 14 heavy (non-hydrogen) atoms. The summed E-state index contributed by atoms with van der Waals surface area (Å²) in [5.74, 6) is 0.731. The zero-order valence-electron chi connectivity index (χ0n) is 8.99. The van der Waals surface area contributed by atoms with Gasteiger partial charge >= 0.3 is 0 Å². The Kier molecular flexibility index (Phi) is 4.75. The maximum atomic E-state index is 11.2. The number of likely N-dealkylation sites (N-methyl/N-ethyl adjacent to an activating group) is 1. The van der Waals surface area contributed by atoms with E-state index in [4.69, 9.17) is 0 Å². The molecule has 0 aliphatic heterocycles. The average molecular weight is 216 g/mol. The number of nitrogens with one attached hydrogen (secondary N) is 1. The molecule has 0 aromatic heterocycles. The summed E-state index contributed by atoms with van der Waals surface area (Å²) in [6, 6.07) is 1.19. The van der Waals surface area contributed by atoms with Crippen molar-refractivity contribution in [3.63, 3.8) is 0 Å². The lowest BCUT2D eigenvalue weighted by molar-refractivity contribution is -0.120. The van der Waals surface area contributed by atoms with Crippen molar-refractivity contribution in [1.82, 2.24) is 10.2 Å². The molecule has 1 N–H and O–H groups in total. The second kappa shape index (κ2) is 5.61. The molecule has 0 aromatic carbocycles. The summed E-state index contributed by atoms with van der Waals surface area (Å²) in [6.07, 6.45) is 3.14. The van der Waals surface area contributed by atoms with E-state index in [1.54, 1.807) is 0 Å². The Morgan fingerprint density at radius 1 is 1.64 bits per heavy atom. The fourth-order valence-corrected chi connectivity index (χ4v) is 1.64. The Hall–Kier alpha value is -0.220. The lowest BCUT2D eigenvalue weighted by atomic mass is 10.3. The average Bonchev–Trinajstić information content (AvgIpc) is 2.96. The summed E-state index contributed by atoms with van der Waals surface area (Å²) < 4.78 is 0. The zero-order chi connectivity index (χ0) is 10.6. The standard InChI is InChI=1S/C10H20N2OS/c1-8(12(2)9-3-4-9)7-11-10(13)5-6-14/h8-9,14H,3-7H2,1-2H3,(H,11,13). The highest BCUT2D eigenvalue weighted by atomic mass is 32.1. The molecule has 1 amide bonds. The fourth-order valence-electron chi connectivity index (χ4n) is 1.44. The van der Waals surface area contributed by atoms with Crippen LogP contribution in [0.4, 0.5) is 0 Å². The van der Waals surface area contributed by atoms with Gasteiger partial charge in [0, 0.05) is 25.0 Å². The van der Waals surface area contributed by atoms with Crippen LogP contribution in [0.1, 0.15) is 26.2 Å². The van der Waals surface area contributed by atoms with Crippen LogP contribution in [0, 0.1) is 0 Å². The first kappa shape index (κ1) is 11.9. The molecule has 1 fully saturated rings. The van der Waals surface area contributed by atoms with E-state index in [0.29, 0.717) is 18.2 Å². The molecule has 1 unspecified atom stereocenters. The number of carbonyl (C=O) groups is 1. The number of thiol groups is 1. The molecule has 0 heterocycles. The van der Waals surface area contributed by atoms with Crippen molar-refractivity contribution >= 4 is 18.5 Å². The van der Waals surface area contributed by atoms with E-state index in [2.05, 4.69) is 36.8 Å². The van der Waals surface area contributed by atoms with Crippen LogP contribution in [0.3, 0.4) is 0 Å². The van der Waals surface area contributed by atoms with Crippen LogP contribution in [-0.4, -0.2) is 42.2 Å². The normalized spacial score (nSPS) is 18.3. The molecule has 4 heteroatoms. The number of hydrogen-bond donors (Lipinski definition) is 2. The van der Waals surface area contributed by atoms with Crippen molar-refractivity contribution in [1.29, 1.82) is 0 Å². The lowest BCUT2D eigenvalue weighted by Gasteiger charge is -2.24. The van der Waals surface area contributed by atoms with Gasteiger partial charge in [-0.15, -0.1) is 0 Å². The van der Waals surface area contributed by atoms with Gasteiger partial charge in [-0.05, 0) is 32.6 Å². The minimum Gasteiger partial charge on any atom is -0.355 e. The summed E-state index contributed by atoms with van der Waals surface area (Å²) in [5, 5.41) is 2.92. The van der Waals surface area contributed by atoms with Gasteiger partial charge in [0.1, 0.15) is 0 Å². The summed E-state index contributed by atoms with van der Waals surface area (Å²) in [5.41, 5.74) is 0. The van der Waals surface area contributed by atoms with Crippen LogP contribution < -0.4 is 5.32 Å². The highest BCUT2D eigenvalue weighted by molar-refractivity contribution is 7.80. The number of hydrogen-bond acceptors (Lipinski definition) is 3. The lowest BCUT2D eigenvalue weighted by Crippen LogP contribution is -2.41. The van der Waals surface area contributed by atoms with Crippen molar-refractivity contribution in [2.24, 2.45) is 0 Å². The Labute approximate surface area is 91.6 Å². The summed E-state index contributed by atoms with van der Waals surface area (Å²) in [6.45, 7) is 2.90. The van der Waals surface area contributed by atoms with Crippen LogP contribution in [0.2, 0.25) is 0 Å². The van der Waals surface area contributed by atoms with E-state index < -0.39 is 0 Å². The molecule has 1 saturated carbocycles. The molecule has 0 bridgehead atoms. The van der Waals surface area contributed by atoms with Gasteiger partial charge in [-0.1, -0.05) is 0 Å². The van der Waals surface area contributed by atoms with Crippen LogP contribution in [0.15, 0.2) is 0 Å². The van der Waals surface area contributed by atoms with Crippen molar-refractivity contribution < 1.29 is 4.79 Å². The third kappa shape index (κ3) is 3.88. The highest BCUT2D eigenvalue weighted by Gasteiger charge is 2.28. The molecule has 0 aromatic rings. The largest absolute Gasteiger partial charge is 0.355 e. The fraction of sp³-hybridized carbons (Fsp3) is 0.900. The smallest absolute Gasteiger partial charge is 0.220 e. The molecule has 0 spiro atoms. The predicted octanol–water partition coefficient (Wildman–Crippen LogP) is 0.905. The molecule has 0 radical (unpaired) electrons. The number of amides is 1. The second-order valence-corrected chi connectivity index (χ2v) is 4.47. The van der Waals surface area contributed by atoms with E-state index >= 15 is 0 Å².